The van der Waals surface area contributed by atoms with Crippen LogP contribution in [-0.2, 0) is 14.3 Å². The Bertz CT molecular complexity index is 1160. The van der Waals surface area contributed by atoms with Crippen LogP contribution in [0.3, 0.4) is 0 Å². The van der Waals surface area contributed by atoms with E-state index in [0.29, 0.717) is 10.6 Å². The van der Waals surface area contributed by atoms with Crippen molar-refractivity contribution in [2.45, 2.75) is 49.9 Å². The number of carbonyl (C=O) groups excluding carboxylic acids is 4. The summed E-state index contributed by atoms with van der Waals surface area (Å²) in [4.78, 5) is 56.3. The fraction of sp³-hybridized carbons (Fsp3) is 0.385. The molecule has 7 heteroatoms. The number of amides is 2. The molecule has 2 amide bonds. The summed E-state index contributed by atoms with van der Waals surface area (Å²) in [7, 11) is 0. The van der Waals surface area contributed by atoms with Gasteiger partial charge in [0.2, 0.25) is 29.0 Å². The first-order valence-corrected chi connectivity index (χ1v) is 11.8. The Morgan fingerprint density at radius 2 is 1.42 bits per heavy atom. The lowest BCUT2D eigenvalue weighted by Crippen LogP contribution is -2.52. The molecule has 168 valence electrons. The normalized spacial score (nSPS) is 28.6. The molecule has 0 N–H and O–H groups in total. The molecular formula is C26H22ClNO5. The highest BCUT2D eigenvalue weighted by atomic mass is 35.5. The minimum Gasteiger partial charge on any atom is -0.349 e. The van der Waals surface area contributed by atoms with E-state index in [9.17, 15) is 19.2 Å². The zero-order valence-corrected chi connectivity index (χ0v) is 18.6. The molecule has 0 bridgehead atoms. The highest BCUT2D eigenvalue weighted by Crippen LogP contribution is 2.57. The van der Waals surface area contributed by atoms with Gasteiger partial charge in [-0.1, -0.05) is 67.3 Å². The van der Waals surface area contributed by atoms with Gasteiger partial charge in [0, 0.05) is 22.2 Å². The Morgan fingerprint density at radius 1 is 0.818 bits per heavy atom. The number of ketones is 2. The number of fused-ring (bicyclic) bond motifs is 3. The zero-order valence-electron chi connectivity index (χ0n) is 17.8. The highest BCUT2D eigenvalue weighted by molar-refractivity contribution is 6.35. The van der Waals surface area contributed by atoms with Crippen LogP contribution in [0.1, 0.15) is 64.5 Å². The maximum Gasteiger partial charge on any atom is 0.237 e. The number of Topliss-reactive ketones (excluding diaryl/α,β-unsaturated/α-hetero) is 2. The van der Waals surface area contributed by atoms with Crippen LogP contribution in [-0.4, -0.2) is 39.9 Å². The van der Waals surface area contributed by atoms with Gasteiger partial charge in [-0.25, -0.2) is 0 Å². The van der Waals surface area contributed by atoms with Gasteiger partial charge in [0.25, 0.3) is 0 Å². The summed E-state index contributed by atoms with van der Waals surface area (Å²) in [5.41, 5.74) is -0.896. The number of rotatable bonds is 2. The summed E-state index contributed by atoms with van der Waals surface area (Å²) in [5, 5.41) is 0.515. The van der Waals surface area contributed by atoms with Crippen molar-refractivity contribution < 1.29 is 23.9 Å². The molecule has 33 heavy (non-hydrogen) atoms. The molecule has 3 unspecified atom stereocenters. The summed E-state index contributed by atoms with van der Waals surface area (Å²) in [6.07, 6.45) is 3.58. The first-order chi connectivity index (χ1) is 15.9. The van der Waals surface area contributed by atoms with Crippen molar-refractivity contribution >= 4 is 35.0 Å². The quantitative estimate of drug-likeness (QED) is 0.493. The van der Waals surface area contributed by atoms with Gasteiger partial charge in [0.05, 0.1) is 17.9 Å². The van der Waals surface area contributed by atoms with E-state index < -0.39 is 41.0 Å². The van der Waals surface area contributed by atoms with Crippen molar-refractivity contribution in [1.29, 1.82) is 0 Å². The second kappa shape index (κ2) is 7.34. The van der Waals surface area contributed by atoms with Crippen molar-refractivity contribution in [3.05, 3.63) is 70.2 Å². The number of benzene rings is 2. The molecule has 2 aliphatic carbocycles. The van der Waals surface area contributed by atoms with Gasteiger partial charge in [-0.2, -0.15) is 0 Å². The van der Waals surface area contributed by atoms with Gasteiger partial charge in [0.1, 0.15) is 0 Å². The summed E-state index contributed by atoms with van der Waals surface area (Å²) in [6.45, 7) is 0. The Balaban J connectivity index is 1.50. The van der Waals surface area contributed by atoms with E-state index in [1.54, 1.807) is 48.5 Å². The smallest absolute Gasteiger partial charge is 0.237 e. The summed E-state index contributed by atoms with van der Waals surface area (Å²) in [5.74, 6) is -3.95. The molecule has 2 aromatic carbocycles. The summed E-state index contributed by atoms with van der Waals surface area (Å²) in [6, 6.07) is 13.1. The number of halogens is 1. The van der Waals surface area contributed by atoms with E-state index >= 15 is 0 Å². The zero-order chi connectivity index (χ0) is 22.9. The topological polar surface area (TPSA) is 80.8 Å². The molecule has 0 radical (unpaired) electrons. The number of nitrogens with zero attached hydrogens (tertiary/aromatic N) is 1. The van der Waals surface area contributed by atoms with Crippen molar-refractivity contribution in [2.24, 2.45) is 11.8 Å². The Kier molecular flexibility index (Phi) is 4.61. The molecule has 2 saturated heterocycles. The minimum absolute atomic E-state index is 0.193. The molecule has 3 atom stereocenters. The van der Waals surface area contributed by atoms with E-state index in [1.807, 2.05) is 0 Å². The van der Waals surface area contributed by atoms with E-state index in [0.717, 1.165) is 32.1 Å². The third kappa shape index (κ3) is 2.71. The second-order valence-electron chi connectivity index (χ2n) is 9.37. The van der Waals surface area contributed by atoms with Crippen LogP contribution in [0.25, 0.3) is 0 Å². The molecule has 2 aliphatic heterocycles. The van der Waals surface area contributed by atoms with Crippen molar-refractivity contribution in [3.8, 4) is 0 Å². The van der Waals surface area contributed by atoms with Crippen LogP contribution in [0, 0.1) is 11.8 Å². The van der Waals surface area contributed by atoms with Crippen molar-refractivity contribution in [2.75, 3.05) is 0 Å². The molecular weight excluding hydrogens is 442 g/mol. The Morgan fingerprint density at radius 3 is 2.03 bits per heavy atom. The van der Waals surface area contributed by atoms with Gasteiger partial charge in [-0.05, 0) is 30.5 Å². The number of imide groups is 1. The molecule has 2 heterocycles. The lowest BCUT2D eigenvalue weighted by atomic mass is 9.77. The van der Waals surface area contributed by atoms with E-state index in [4.69, 9.17) is 16.3 Å². The Labute approximate surface area is 195 Å². The third-order valence-corrected chi connectivity index (χ3v) is 7.94. The maximum absolute atomic E-state index is 13.8. The van der Waals surface area contributed by atoms with Gasteiger partial charge < -0.3 is 4.74 Å². The fourth-order valence-corrected chi connectivity index (χ4v) is 6.32. The van der Waals surface area contributed by atoms with Gasteiger partial charge >= 0.3 is 0 Å². The SMILES string of the molecule is O=C1C2C(c3ccc(Cl)cc3)OC3(C(=O)c4ccccc4C3=O)C2C(=O)N1C1CCCCC1. The molecule has 4 aliphatic rings. The summed E-state index contributed by atoms with van der Waals surface area (Å²) >= 11 is 6.06. The van der Waals surface area contributed by atoms with E-state index in [2.05, 4.69) is 0 Å². The van der Waals surface area contributed by atoms with Gasteiger partial charge in [-0.3, -0.25) is 24.1 Å². The molecule has 1 saturated carbocycles. The molecule has 3 fully saturated rings. The number of ether oxygens (including phenoxy) is 1. The predicted octanol–water partition coefficient (Wildman–Crippen LogP) is 4.16. The molecule has 0 aromatic heterocycles. The summed E-state index contributed by atoms with van der Waals surface area (Å²) < 4.78 is 6.28. The number of carbonyl (C=O) groups is 4. The number of hydrogen-bond donors (Lipinski definition) is 0. The van der Waals surface area contributed by atoms with Crippen LogP contribution in [0.4, 0.5) is 0 Å². The molecule has 1 spiro atoms. The predicted molar refractivity (Wildman–Crippen MR) is 119 cm³/mol. The van der Waals surface area contributed by atoms with Crippen LogP contribution in [0.2, 0.25) is 5.02 Å². The van der Waals surface area contributed by atoms with Gasteiger partial charge in [0.15, 0.2) is 0 Å². The fourth-order valence-electron chi connectivity index (χ4n) is 6.19. The standard InChI is InChI=1S/C26H22ClNO5/c27-15-12-10-14(11-13-15)21-19-20(25(32)28(24(19)31)16-6-2-1-3-7-16)26(33-21)22(29)17-8-4-5-9-18(17)23(26)30/h4-5,8-13,16,19-21H,1-3,6-7H2. The third-order valence-electron chi connectivity index (χ3n) is 7.69. The monoisotopic (exact) mass is 463 g/mol. The van der Waals surface area contributed by atoms with Crippen LogP contribution in [0.5, 0.6) is 0 Å². The van der Waals surface area contributed by atoms with Crippen LogP contribution >= 0.6 is 11.6 Å². The number of likely N-dealkylation sites (tertiary alicyclic amines) is 1. The lowest BCUT2D eigenvalue weighted by Gasteiger charge is -2.33. The molecule has 6 nitrogen and oxygen atoms in total. The Hall–Kier alpha value is -2.83. The average molecular weight is 464 g/mol. The van der Waals surface area contributed by atoms with E-state index in [-0.39, 0.29) is 23.1 Å². The minimum atomic E-state index is -2.01. The lowest BCUT2D eigenvalue weighted by molar-refractivity contribution is -0.148. The molecule has 2 aromatic rings. The average Bonchev–Trinajstić information content (AvgIpc) is 3.40. The maximum atomic E-state index is 13.8. The highest BCUT2D eigenvalue weighted by Gasteiger charge is 2.75. The second-order valence-corrected chi connectivity index (χ2v) is 9.81. The first-order valence-electron chi connectivity index (χ1n) is 11.4. The largest absolute Gasteiger partial charge is 0.349 e. The van der Waals surface area contributed by atoms with Crippen LogP contribution < -0.4 is 0 Å². The van der Waals surface area contributed by atoms with Gasteiger partial charge in [-0.15, -0.1) is 0 Å². The number of hydrogen-bond acceptors (Lipinski definition) is 5. The van der Waals surface area contributed by atoms with E-state index in [1.165, 1.54) is 4.90 Å². The van der Waals surface area contributed by atoms with Crippen LogP contribution in [0.15, 0.2) is 48.5 Å². The first kappa shape index (κ1) is 20.8. The van der Waals surface area contributed by atoms with Crippen molar-refractivity contribution in [3.63, 3.8) is 0 Å². The molecule has 6 rings (SSSR count). The van der Waals surface area contributed by atoms with Crippen molar-refractivity contribution in [1.82, 2.24) is 4.90 Å².